The van der Waals surface area contributed by atoms with E-state index in [0.29, 0.717) is 24.1 Å². The van der Waals surface area contributed by atoms with Crippen molar-refractivity contribution in [2.45, 2.75) is 44.7 Å². The maximum absolute atomic E-state index is 12.2. The molecule has 0 radical (unpaired) electrons. The van der Waals surface area contributed by atoms with Gasteiger partial charge >= 0.3 is 0 Å². The largest absolute Gasteiger partial charge is 0.345 e. The molecule has 1 saturated carbocycles. The topological polar surface area (TPSA) is 101 Å². The standard InChI is InChI=1S/C16H23N7O/c24-16(18-8-13-6-14(20-19-13)12-3-4-12)15-10-23(22-21-15)9-11-2-1-5-17-7-11/h6,10-12,17H,1-5,7-9H2,(H,18,24)(H,19,20)/t11-/m1/s1. The molecule has 1 saturated heterocycles. The van der Waals surface area contributed by atoms with Gasteiger partial charge in [0.05, 0.1) is 24.1 Å². The first kappa shape index (κ1) is 15.3. The second-order valence-electron chi connectivity index (χ2n) is 6.81. The van der Waals surface area contributed by atoms with Crippen LogP contribution in [0, 0.1) is 5.92 Å². The van der Waals surface area contributed by atoms with E-state index in [1.165, 1.54) is 25.7 Å². The van der Waals surface area contributed by atoms with Crippen LogP contribution in [0.5, 0.6) is 0 Å². The van der Waals surface area contributed by atoms with Crippen LogP contribution in [0.4, 0.5) is 0 Å². The molecule has 0 unspecified atom stereocenters. The van der Waals surface area contributed by atoms with Gasteiger partial charge in [0.1, 0.15) is 0 Å². The molecule has 3 N–H and O–H groups in total. The van der Waals surface area contributed by atoms with Gasteiger partial charge in [-0.25, -0.2) is 0 Å². The number of amides is 1. The van der Waals surface area contributed by atoms with Crippen molar-refractivity contribution in [1.29, 1.82) is 0 Å². The maximum Gasteiger partial charge on any atom is 0.273 e. The average molecular weight is 329 g/mol. The Morgan fingerprint density at radius 3 is 3.08 bits per heavy atom. The van der Waals surface area contributed by atoms with Crippen LogP contribution in [0.2, 0.25) is 0 Å². The van der Waals surface area contributed by atoms with Crippen molar-refractivity contribution >= 4 is 5.91 Å². The van der Waals surface area contributed by atoms with Crippen LogP contribution in [0.1, 0.15) is 53.5 Å². The molecule has 0 bridgehead atoms. The molecule has 1 atom stereocenters. The lowest BCUT2D eigenvalue weighted by molar-refractivity contribution is 0.0945. The van der Waals surface area contributed by atoms with Gasteiger partial charge in [-0.1, -0.05) is 5.21 Å². The van der Waals surface area contributed by atoms with E-state index in [0.717, 1.165) is 31.0 Å². The third-order valence-corrected chi connectivity index (χ3v) is 4.70. The second-order valence-corrected chi connectivity index (χ2v) is 6.81. The molecule has 2 aromatic rings. The summed E-state index contributed by atoms with van der Waals surface area (Å²) in [6.45, 7) is 3.33. The number of nitrogens with one attached hydrogen (secondary N) is 3. The van der Waals surface area contributed by atoms with Crippen molar-refractivity contribution in [2.75, 3.05) is 13.1 Å². The summed E-state index contributed by atoms with van der Waals surface area (Å²) in [5.74, 6) is 0.965. The molecule has 2 aliphatic rings. The molecule has 4 rings (SSSR count). The fourth-order valence-corrected chi connectivity index (χ4v) is 3.16. The SMILES string of the molecule is O=C(NCc1cc(C2CC2)n[nH]1)c1cn(C[C@@H]2CCCNC2)nn1. The summed E-state index contributed by atoms with van der Waals surface area (Å²) >= 11 is 0. The molecule has 128 valence electrons. The Balaban J connectivity index is 1.29. The van der Waals surface area contributed by atoms with E-state index in [9.17, 15) is 4.79 Å². The fraction of sp³-hybridized carbons (Fsp3) is 0.625. The maximum atomic E-state index is 12.2. The zero-order valence-corrected chi connectivity index (χ0v) is 13.7. The Bertz CT molecular complexity index is 697. The Morgan fingerprint density at radius 1 is 1.38 bits per heavy atom. The molecule has 2 aromatic heterocycles. The van der Waals surface area contributed by atoms with Gasteiger partial charge in [-0.15, -0.1) is 5.10 Å². The summed E-state index contributed by atoms with van der Waals surface area (Å²) in [4.78, 5) is 12.2. The van der Waals surface area contributed by atoms with Crippen LogP contribution in [-0.4, -0.2) is 44.2 Å². The normalized spacial score (nSPS) is 20.9. The van der Waals surface area contributed by atoms with Gasteiger partial charge in [-0.3, -0.25) is 14.6 Å². The molecular weight excluding hydrogens is 306 g/mol. The Labute approximate surface area is 140 Å². The molecule has 1 aliphatic carbocycles. The number of carbonyl (C=O) groups excluding carboxylic acids is 1. The second kappa shape index (κ2) is 6.72. The number of hydrogen-bond donors (Lipinski definition) is 3. The Morgan fingerprint density at radius 2 is 2.29 bits per heavy atom. The highest BCUT2D eigenvalue weighted by Gasteiger charge is 2.26. The number of piperidine rings is 1. The molecule has 2 fully saturated rings. The monoisotopic (exact) mass is 329 g/mol. The fourth-order valence-electron chi connectivity index (χ4n) is 3.16. The lowest BCUT2D eigenvalue weighted by atomic mass is 10.00. The summed E-state index contributed by atoms with van der Waals surface area (Å²) < 4.78 is 1.77. The van der Waals surface area contributed by atoms with Crippen molar-refractivity contribution in [3.05, 3.63) is 29.3 Å². The van der Waals surface area contributed by atoms with E-state index in [4.69, 9.17) is 0 Å². The highest BCUT2D eigenvalue weighted by Crippen LogP contribution is 2.38. The summed E-state index contributed by atoms with van der Waals surface area (Å²) in [6, 6.07) is 2.03. The number of H-pyrrole nitrogens is 1. The lowest BCUT2D eigenvalue weighted by Crippen LogP contribution is -2.32. The average Bonchev–Trinajstić information content (AvgIpc) is 3.17. The molecule has 8 heteroatoms. The third-order valence-electron chi connectivity index (χ3n) is 4.70. The van der Waals surface area contributed by atoms with Gasteiger partial charge in [0.15, 0.2) is 5.69 Å². The van der Waals surface area contributed by atoms with E-state index in [1.807, 2.05) is 6.07 Å². The zero-order valence-electron chi connectivity index (χ0n) is 13.7. The number of carbonyl (C=O) groups is 1. The molecule has 0 spiro atoms. The summed E-state index contributed by atoms with van der Waals surface area (Å²) in [5, 5.41) is 21.6. The van der Waals surface area contributed by atoms with Crippen LogP contribution in [0.25, 0.3) is 0 Å². The summed E-state index contributed by atoms with van der Waals surface area (Å²) in [5.41, 5.74) is 2.39. The number of aromatic nitrogens is 5. The van der Waals surface area contributed by atoms with E-state index < -0.39 is 0 Å². The minimum Gasteiger partial charge on any atom is -0.345 e. The summed E-state index contributed by atoms with van der Waals surface area (Å²) in [6.07, 6.45) is 6.55. The molecule has 24 heavy (non-hydrogen) atoms. The number of hydrogen-bond acceptors (Lipinski definition) is 5. The molecule has 1 aliphatic heterocycles. The Hall–Kier alpha value is -2.22. The molecule has 0 aromatic carbocycles. The predicted molar refractivity (Wildman–Crippen MR) is 87.3 cm³/mol. The van der Waals surface area contributed by atoms with E-state index in [1.54, 1.807) is 10.9 Å². The first-order chi connectivity index (χ1) is 11.8. The molecular formula is C16H23N7O. The van der Waals surface area contributed by atoms with Crippen molar-refractivity contribution in [2.24, 2.45) is 5.92 Å². The molecule has 3 heterocycles. The van der Waals surface area contributed by atoms with Crippen LogP contribution in [0.3, 0.4) is 0 Å². The zero-order chi connectivity index (χ0) is 16.4. The number of rotatable bonds is 6. The van der Waals surface area contributed by atoms with Crippen molar-refractivity contribution < 1.29 is 4.79 Å². The van der Waals surface area contributed by atoms with E-state index in [-0.39, 0.29) is 5.91 Å². The number of aromatic amines is 1. The quantitative estimate of drug-likeness (QED) is 0.728. The Kier molecular flexibility index (Phi) is 4.29. The van der Waals surface area contributed by atoms with Crippen LogP contribution in [-0.2, 0) is 13.1 Å². The van der Waals surface area contributed by atoms with Crippen molar-refractivity contribution in [3.63, 3.8) is 0 Å². The van der Waals surface area contributed by atoms with Crippen LogP contribution in [0.15, 0.2) is 12.3 Å². The minimum atomic E-state index is -0.203. The first-order valence-corrected chi connectivity index (χ1v) is 8.71. The predicted octanol–water partition coefficient (Wildman–Crippen LogP) is 0.808. The highest BCUT2D eigenvalue weighted by molar-refractivity contribution is 5.91. The molecule has 1 amide bonds. The van der Waals surface area contributed by atoms with Gasteiger partial charge in [0.2, 0.25) is 0 Å². The third kappa shape index (κ3) is 3.64. The van der Waals surface area contributed by atoms with Gasteiger partial charge in [-0.2, -0.15) is 5.10 Å². The highest BCUT2D eigenvalue weighted by atomic mass is 16.2. The van der Waals surface area contributed by atoms with Crippen molar-refractivity contribution in [3.8, 4) is 0 Å². The molecule has 8 nitrogen and oxygen atoms in total. The van der Waals surface area contributed by atoms with Crippen LogP contribution >= 0.6 is 0 Å². The first-order valence-electron chi connectivity index (χ1n) is 8.71. The van der Waals surface area contributed by atoms with Gasteiger partial charge in [0.25, 0.3) is 5.91 Å². The van der Waals surface area contributed by atoms with E-state index >= 15 is 0 Å². The number of nitrogens with zero attached hydrogens (tertiary/aromatic N) is 4. The summed E-state index contributed by atoms with van der Waals surface area (Å²) in [7, 11) is 0. The van der Waals surface area contributed by atoms with Crippen molar-refractivity contribution in [1.82, 2.24) is 35.8 Å². The smallest absolute Gasteiger partial charge is 0.273 e. The van der Waals surface area contributed by atoms with Crippen LogP contribution < -0.4 is 10.6 Å². The van der Waals surface area contributed by atoms with Gasteiger partial charge in [0, 0.05) is 12.5 Å². The van der Waals surface area contributed by atoms with E-state index in [2.05, 4.69) is 31.1 Å². The van der Waals surface area contributed by atoms with Gasteiger partial charge in [-0.05, 0) is 50.8 Å². The minimum absolute atomic E-state index is 0.203. The van der Waals surface area contributed by atoms with Gasteiger partial charge < -0.3 is 10.6 Å². The lowest BCUT2D eigenvalue weighted by Gasteiger charge is -2.22.